The van der Waals surface area contributed by atoms with Gasteiger partial charge in [0, 0.05) is 68.4 Å². The van der Waals surface area contributed by atoms with Crippen LogP contribution in [0.4, 0.5) is 21.6 Å². The molecule has 1 aromatic carbocycles. The molecule has 2 aromatic heterocycles. The molecule has 0 unspecified atom stereocenters. The van der Waals surface area contributed by atoms with Gasteiger partial charge in [0.05, 0.1) is 31.2 Å². The van der Waals surface area contributed by atoms with Crippen molar-refractivity contribution >= 4 is 34.9 Å². The van der Waals surface area contributed by atoms with E-state index in [1.54, 1.807) is 36.5 Å². The van der Waals surface area contributed by atoms with Gasteiger partial charge in [0.15, 0.2) is 0 Å². The van der Waals surface area contributed by atoms with Gasteiger partial charge in [-0.25, -0.2) is 9.37 Å². The van der Waals surface area contributed by atoms with Crippen LogP contribution >= 0.6 is 11.8 Å². The molecule has 1 saturated heterocycles. The second-order valence-electron chi connectivity index (χ2n) is 9.61. The second kappa shape index (κ2) is 15.0. The SMILES string of the molecule is Cc1ccc(F)c(-c2cc(Nc3ccnc(NC(=O)CCN4CCN(C)CC4)c3)c(SCCOCCO)nn2)c1. The molecule has 1 fully saturated rings. The van der Waals surface area contributed by atoms with Crippen molar-refractivity contribution < 1.29 is 19.0 Å². The van der Waals surface area contributed by atoms with E-state index in [1.807, 2.05) is 6.92 Å². The number of amides is 1. The molecule has 1 aliphatic rings. The number of pyridine rings is 1. The van der Waals surface area contributed by atoms with Crippen molar-refractivity contribution in [3.63, 3.8) is 0 Å². The molecule has 40 heavy (non-hydrogen) atoms. The van der Waals surface area contributed by atoms with Crippen LogP contribution in [0.3, 0.4) is 0 Å². The van der Waals surface area contributed by atoms with Crippen molar-refractivity contribution in [2.75, 3.05) is 76.0 Å². The fraction of sp³-hybridized carbons (Fsp3) is 0.429. The second-order valence-corrected chi connectivity index (χ2v) is 10.7. The minimum absolute atomic E-state index is 0.0369. The predicted molar refractivity (Wildman–Crippen MR) is 155 cm³/mol. The molecule has 3 N–H and O–H groups in total. The van der Waals surface area contributed by atoms with E-state index in [1.165, 1.54) is 17.8 Å². The van der Waals surface area contributed by atoms with Crippen LogP contribution < -0.4 is 10.6 Å². The van der Waals surface area contributed by atoms with Crippen molar-refractivity contribution in [1.29, 1.82) is 0 Å². The molecule has 4 rings (SSSR count). The fourth-order valence-corrected chi connectivity index (χ4v) is 4.93. The molecule has 0 aliphatic carbocycles. The molecule has 1 aliphatic heterocycles. The average molecular weight is 570 g/mol. The lowest BCUT2D eigenvalue weighted by molar-refractivity contribution is -0.116. The number of nitrogens with zero attached hydrogens (tertiary/aromatic N) is 5. The van der Waals surface area contributed by atoms with E-state index in [2.05, 4.69) is 42.7 Å². The first-order chi connectivity index (χ1) is 19.4. The summed E-state index contributed by atoms with van der Waals surface area (Å²) < 4.78 is 20.0. The van der Waals surface area contributed by atoms with Gasteiger partial charge in [-0.3, -0.25) is 4.79 Å². The molecule has 3 heterocycles. The molecule has 0 saturated carbocycles. The number of aryl methyl sites for hydroxylation is 1. The lowest BCUT2D eigenvalue weighted by Gasteiger charge is -2.32. The highest BCUT2D eigenvalue weighted by atomic mass is 32.2. The molecular weight excluding hydrogens is 533 g/mol. The Labute approximate surface area is 238 Å². The lowest BCUT2D eigenvalue weighted by atomic mass is 10.1. The molecule has 1 amide bonds. The predicted octanol–water partition coefficient (Wildman–Crippen LogP) is 3.41. The summed E-state index contributed by atoms with van der Waals surface area (Å²) in [7, 11) is 2.11. The summed E-state index contributed by atoms with van der Waals surface area (Å²) >= 11 is 1.43. The molecule has 0 atom stereocenters. The largest absolute Gasteiger partial charge is 0.394 e. The number of anilines is 3. The topological polar surface area (TPSA) is 116 Å². The number of aliphatic hydroxyl groups is 1. The van der Waals surface area contributed by atoms with Gasteiger partial charge in [0.2, 0.25) is 5.91 Å². The molecule has 0 bridgehead atoms. The molecule has 12 heteroatoms. The first-order valence-electron chi connectivity index (χ1n) is 13.3. The fourth-order valence-electron chi connectivity index (χ4n) is 4.18. The third-order valence-corrected chi connectivity index (χ3v) is 7.36. The Kier molecular flexibility index (Phi) is 11.2. The lowest BCUT2D eigenvalue weighted by Crippen LogP contribution is -2.45. The van der Waals surface area contributed by atoms with Gasteiger partial charge in [-0.2, -0.15) is 0 Å². The van der Waals surface area contributed by atoms with Gasteiger partial charge >= 0.3 is 0 Å². The van der Waals surface area contributed by atoms with E-state index < -0.39 is 0 Å². The van der Waals surface area contributed by atoms with Crippen molar-refractivity contribution in [3.05, 3.63) is 54.0 Å². The van der Waals surface area contributed by atoms with E-state index in [4.69, 9.17) is 9.84 Å². The Morgan fingerprint density at radius 1 is 1.12 bits per heavy atom. The highest BCUT2D eigenvalue weighted by molar-refractivity contribution is 7.99. The monoisotopic (exact) mass is 569 g/mol. The summed E-state index contributed by atoms with van der Waals surface area (Å²) in [5.41, 5.74) is 3.00. The maximum atomic E-state index is 14.6. The summed E-state index contributed by atoms with van der Waals surface area (Å²) in [6.07, 6.45) is 2.01. The molecule has 0 radical (unpaired) electrons. The highest BCUT2D eigenvalue weighted by Gasteiger charge is 2.16. The van der Waals surface area contributed by atoms with Crippen LogP contribution in [-0.4, -0.2) is 101 Å². The first kappa shape index (κ1) is 29.8. The zero-order valence-corrected chi connectivity index (χ0v) is 23.7. The minimum Gasteiger partial charge on any atom is -0.394 e. The number of carbonyl (C=O) groups excluding carboxylic acids is 1. The number of hydrogen-bond donors (Lipinski definition) is 3. The number of nitrogens with one attached hydrogen (secondary N) is 2. The quantitative estimate of drug-likeness (QED) is 0.209. The Morgan fingerprint density at radius 2 is 1.95 bits per heavy atom. The molecule has 214 valence electrons. The van der Waals surface area contributed by atoms with Gasteiger partial charge in [-0.1, -0.05) is 11.6 Å². The van der Waals surface area contributed by atoms with E-state index in [-0.39, 0.29) is 24.9 Å². The number of hydrogen-bond acceptors (Lipinski definition) is 10. The number of rotatable bonds is 13. The third-order valence-electron chi connectivity index (χ3n) is 6.42. The number of carbonyl (C=O) groups is 1. The van der Waals surface area contributed by atoms with Crippen molar-refractivity contribution in [2.45, 2.75) is 18.4 Å². The third kappa shape index (κ3) is 8.93. The van der Waals surface area contributed by atoms with Crippen LogP contribution in [0.25, 0.3) is 11.3 Å². The number of ether oxygens (including phenoxy) is 1. The molecule has 10 nitrogen and oxygen atoms in total. The Bertz CT molecular complexity index is 1270. The summed E-state index contributed by atoms with van der Waals surface area (Å²) in [5, 5.41) is 24.4. The van der Waals surface area contributed by atoms with Gasteiger partial charge in [0.1, 0.15) is 16.7 Å². The van der Waals surface area contributed by atoms with E-state index in [0.717, 1.165) is 31.7 Å². The number of piperazine rings is 1. The van der Waals surface area contributed by atoms with Gasteiger partial charge in [-0.15, -0.1) is 22.0 Å². The van der Waals surface area contributed by atoms with E-state index in [9.17, 15) is 9.18 Å². The number of benzene rings is 1. The maximum absolute atomic E-state index is 14.6. The average Bonchev–Trinajstić information content (AvgIpc) is 2.95. The molecule has 3 aromatic rings. The van der Waals surface area contributed by atoms with Crippen LogP contribution in [0.5, 0.6) is 0 Å². The van der Waals surface area contributed by atoms with E-state index in [0.29, 0.717) is 58.8 Å². The van der Waals surface area contributed by atoms with Gasteiger partial charge < -0.3 is 30.3 Å². The molecular formula is C28H36FN7O3S. The van der Waals surface area contributed by atoms with Gasteiger partial charge in [0.25, 0.3) is 0 Å². The van der Waals surface area contributed by atoms with Crippen LogP contribution in [0.1, 0.15) is 12.0 Å². The molecule has 0 spiro atoms. The standard InChI is InChI=1S/C28H36FN7O3S/c1-20-3-4-23(29)22(17-20)24-19-25(28(34-33-24)40-16-15-39-14-13-37)31-21-5-7-30-26(18-21)32-27(38)6-8-36-11-9-35(2)10-12-36/h3-5,7,17-19,37H,6,8-16H2,1-2H3,(H2,30,31,32,33,38). The zero-order valence-electron chi connectivity index (χ0n) is 22.9. The zero-order chi connectivity index (χ0) is 28.3. The summed E-state index contributed by atoms with van der Waals surface area (Å²) in [6.45, 7) is 7.21. The minimum atomic E-state index is -0.380. The summed E-state index contributed by atoms with van der Waals surface area (Å²) in [4.78, 5) is 21.5. The Hall–Kier alpha value is -3.16. The number of likely N-dealkylation sites (N-methyl/N-ethyl adjacent to an activating group) is 1. The van der Waals surface area contributed by atoms with E-state index >= 15 is 0 Å². The number of aliphatic hydroxyl groups excluding tert-OH is 1. The van der Waals surface area contributed by atoms with Gasteiger partial charge in [-0.05, 0) is 38.2 Å². The number of thioether (sulfide) groups is 1. The first-order valence-corrected chi connectivity index (χ1v) is 14.3. The van der Waals surface area contributed by atoms with Crippen molar-refractivity contribution in [3.8, 4) is 11.3 Å². The van der Waals surface area contributed by atoms with Crippen molar-refractivity contribution in [2.24, 2.45) is 0 Å². The summed E-state index contributed by atoms with van der Waals surface area (Å²) in [5.74, 6) is 0.554. The van der Waals surface area contributed by atoms with Crippen molar-refractivity contribution in [1.82, 2.24) is 25.0 Å². The van der Waals surface area contributed by atoms with Crippen LogP contribution in [0, 0.1) is 12.7 Å². The Balaban J connectivity index is 1.46. The highest BCUT2D eigenvalue weighted by Crippen LogP contribution is 2.32. The van der Waals surface area contributed by atoms with Crippen LogP contribution in [0.2, 0.25) is 0 Å². The summed E-state index contributed by atoms with van der Waals surface area (Å²) in [6, 6.07) is 10.2. The normalized spacial score (nSPS) is 14.3. The Morgan fingerprint density at radius 3 is 2.75 bits per heavy atom. The van der Waals surface area contributed by atoms with Crippen LogP contribution in [-0.2, 0) is 9.53 Å². The van der Waals surface area contributed by atoms with Crippen LogP contribution in [0.15, 0.2) is 47.6 Å². The number of aromatic nitrogens is 3. The maximum Gasteiger partial charge on any atom is 0.226 e. The number of halogens is 1. The smallest absolute Gasteiger partial charge is 0.226 e.